The van der Waals surface area contributed by atoms with E-state index in [-0.39, 0.29) is 5.91 Å². The molecule has 4 heteroatoms. The van der Waals surface area contributed by atoms with Crippen molar-refractivity contribution < 1.29 is 9.53 Å². The van der Waals surface area contributed by atoms with Crippen molar-refractivity contribution in [2.75, 3.05) is 11.9 Å². The average Bonchev–Trinajstić information content (AvgIpc) is 2.42. The van der Waals surface area contributed by atoms with Crippen LogP contribution < -0.4 is 10.1 Å². The number of carbonyl (C=O) groups is 1. The molecule has 0 bridgehead atoms. The van der Waals surface area contributed by atoms with Crippen LogP contribution in [0.1, 0.15) is 22.8 Å². The molecule has 0 atom stereocenters. The molecule has 0 aliphatic rings. The lowest BCUT2D eigenvalue weighted by atomic mass is 10.2. The lowest BCUT2D eigenvalue weighted by molar-refractivity contribution is 0.102. The van der Waals surface area contributed by atoms with Crippen molar-refractivity contribution in [1.29, 1.82) is 0 Å². The van der Waals surface area contributed by atoms with E-state index in [1.807, 2.05) is 50.2 Å². The summed E-state index contributed by atoms with van der Waals surface area (Å²) in [5, 5.41) is 2.90. The summed E-state index contributed by atoms with van der Waals surface area (Å²) in [6.07, 6.45) is 0. The first-order chi connectivity index (χ1) is 9.60. The quantitative estimate of drug-likeness (QED) is 0.805. The highest BCUT2D eigenvalue weighted by Crippen LogP contribution is 2.26. The van der Waals surface area contributed by atoms with Crippen molar-refractivity contribution in [3.8, 4) is 5.75 Å². The Bertz CT molecular complexity index is 626. The van der Waals surface area contributed by atoms with Crippen LogP contribution in [-0.4, -0.2) is 12.5 Å². The first-order valence-electron chi connectivity index (χ1n) is 6.40. The molecule has 1 N–H and O–H groups in total. The van der Waals surface area contributed by atoms with Gasteiger partial charge in [0.2, 0.25) is 0 Å². The second kappa shape index (κ2) is 6.74. The van der Waals surface area contributed by atoms with E-state index in [1.54, 1.807) is 6.07 Å². The number of nitrogens with one attached hydrogen (secondary N) is 1. The maximum absolute atomic E-state index is 12.2. The highest BCUT2D eigenvalue weighted by atomic mass is 127. The molecule has 20 heavy (non-hydrogen) atoms. The number of hydrogen-bond acceptors (Lipinski definition) is 2. The summed E-state index contributed by atoms with van der Waals surface area (Å²) in [6, 6.07) is 13.2. The van der Waals surface area contributed by atoms with Gasteiger partial charge < -0.3 is 10.1 Å². The van der Waals surface area contributed by atoms with E-state index in [0.29, 0.717) is 23.6 Å². The molecule has 0 aromatic heterocycles. The van der Waals surface area contributed by atoms with Crippen molar-refractivity contribution in [3.05, 3.63) is 57.2 Å². The van der Waals surface area contributed by atoms with Gasteiger partial charge in [-0.1, -0.05) is 12.1 Å². The summed E-state index contributed by atoms with van der Waals surface area (Å²) in [6.45, 7) is 4.48. The third-order valence-corrected chi connectivity index (χ3v) is 3.44. The van der Waals surface area contributed by atoms with Gasteiger partial charge in [0.05, 0.1) is 12.3 Å². The Morgan fingerprint density at radius 2 is 2.05 bits per heavy atom. The third kappa shape index (κ3) is 3.72. The van der Waals surface area contributed by atoms with Crippen LogP contribution in [0.4, 0.5) is 5.69 Å². The standard InChI is InChI=1S/C16H16INO2/c1-3-20-15-9-11(2)7-8-14(15)18-16(19)12-5-4-6-13(17)10-12/h4-10H,3H2,1-2H3,(H,18,19). The number of benzene rings is 2. The normalized spacial score (nSPS) is 10.2. The van der Waals surface area contributed by atoms with Gasteiger partial charge in [-0.25, -0.2) is 0 Å². The van der Waals surface area contributed by atoms with Crippen LogP contribution >= 0.6 is 22.6 Å². The Morgan fingerprint density at radius 3 is 2.75 bits per heavy atom. The predicted octanol–water partition coefficient (Wildman–Crippen LogP) is 4.25. The Labute approximate surface area is 132 Å². The number of anilines is 1. The fraction of sp³-hybridized carbons (Fsp3) is 0.188. The van der Waals surface area contributed by atoms with Crippen LogP contribution in [0.3, 0.4) is 0 Å². The Morgan fingerprint density at radius 1 is 1.25 bits per heavy atom. The monoisotopic (exact) mass is 381 g/mol. The number of rotatable bonds is 4. The Hall–Kier alpha value is -1.56. The molecule has 2 rings (SSSR count). The molecule has 0 fully saturated rings. The number of carbonyl (C=O) groups excluding carboxylic acids is 1. The van der Waals surface area contributed by atoms with Crippen molar-refractivity contribution in [3.63, 3.8) is 0 Å². The maximum Gasteiger partial charge on any atom is 0.255 e. The molecule has 0 spiro atoms. The predicted molar refractivity (Wildman–Crippen MR) is 89.5 cm³/mol. The highest BCUT2D eigenvalue weighted by Gasteiger charge is 2.10. The van der Waals surface area contributed by atoms with Crippen molar-refractivity contribution >= 4 is 34.2 Å². The second-order valence-electron chi connectivity index (χ2n) is 4.40. The zero-order chi connectivity index (χ0) is 14.5. The molecule has 2 aromatic rings. The Kier molecular flexibility index (Phi) is 5.00. The van der Waals surface area contributed by atoms with E-state index in [4.69, 9.17) is 4.74 Å². The summed E-state index contributed by atoms with van der Waals surface area (Å²) < 4.78 is 6.59. The zero-order valence-electron chi connectivity index (χ0n) is 11.4. The zero-order valence-corrected chi connectivity index (χ0v) is 13.6. The molecule has 0 radical (unpaired) electrons. The van der Waals surface area contributed by atoms with Gasteiger partial charge in [-0.05, 0) is 72.3 Å². The molecule has 0 heterocycles. The van der Waals surface area contributed by atoms with Crippen LogP contribution in [0.5, 0.6) is 5.75 Å². The molecule has 0 unspecified atom stereocenters. The second-order valence-corrected chi connectivity index (χ2v) is 5.64. The van der Waals surface area contributed by atoms with Gasteiger partial charge in [-0.3, -0.25) is 4.79 Å². The van der Waals surface area contributed by atoms with Crippen LogP contribution in [0.2, 0.25) is 0 Å². The molecule has 0 saturated carbocycles. The van der Waals surface area contributed by atoms with Gasteiger partial charge in [0.15, 0.2) is 0 Å². The van der Waals surface area contributed by atoms with Gasteiger partial charge in [0, 0.05) is 9.13 Å². The van der Waals surface area contributed by atoms with Crippen molar-refractivity contribution in [2.45, 2.75) is 13.8 Å². The minimum atomic E-state index is -0.131. The molecular weight excluding hydrogens is 365 g/mol. The first kappa shape index (κ1) is 14.8. The van der Waals surface area contributed by atoms with Crippen LogP contribution in [-0.2, 0) is 0 Å². The number of amides is 1. The lowest BCUT2D eigenvalue weighted by Crippen LogP contribution is -2.13. The molecule has 1 amide bonds. The largest absolute Gasteiger partial charge is 0.492 e. The fourth-order valence-electron chi connectivity index (χ4n) is 1.83. The van der Waals surface area contributed by atoms with E-state index >= 15 is 0 Å². The molecule has 2 aromatic carbocycles. The molecule has 0 saturated heterocycles. The van der Waals surface area contributed by atoms with Gasteiger partial charge in [-0.15, -0.1) is 0 Å². The van der Waals surface area contributed by atoms with Gasteiger partial charge >= 0.3 is 0 Å². The summed E-state index contributed by atoms with van der Waals surface area (Å²) in [5.74, 6) is 0.569. The number of aryl methyl sites for hydroxylation is 1. The Balaban J connectivity index is 2.23. The SMILES string of the molecule is CCOc1cc(C)ccc1NC(=O)c1cccc(I)c1. The minimum absolute atomic E-state index is 0.131. The third-order valence-electron chi connectivity index (χ3n) is 2.77. The lowest BCUT2D eigenvalue weighted by Gasteiger charge is -2.12. The van der Waals surface area contributed by atoms with Crippen molar-refractivity contribution in [1.82, 2.24) is 0 Å². The van der Waals surface area contributed by atoms with Crippen LogP contribution in [0.15, 0.2) is 42.5 Å². The number of ether oxygens (including phenoxy) is 1. The van der Waals surface area contributed by atoms with Gasteiger partial charge in [0.1, 0.15) is 5.75 Å². The summed E-state index contributed by atoms with van der Waals surface area (Å²) in [7, 11) is 0. The summed E-state index contributed by atoms with van der Waals surface area (Å²) in [5.41, 5.74) is 2.43. The molecular formula is C16H16INO2. The number of hydrogen-bond donors (Lipinski definition) is 1. The summed E-state index contributed by atoms with van der Waals surface area (Å²) in [4.78, 5) is 12.2. The van der Waals surface area contributed by atoms with Crippen LogP contribution in [0, 0.1) is 10.5 Å². The average molecular weight is 381 g/mol. The topological polar surface area (TPSA) is 38.3 Å². The minimum Gasteiger partial charge on any atom is -0.492 e. The van der Waals surface area contributed by atoms with E-state index in [9.17, 15) is 4.79 Å². The molecule has 3 nitrogen and oxygen atoms in total. The van der Waals surface area contributed by atoms with Gasteiger partial charge in [0.25, 0.3) is 5.91 Å². The number of halogens is 1. The van der Waals surface area contributed by atoms with Gasteiger partial charge in [-0.2, -0.15) is 0 Å². The van der Waals surface area contributed by atoms with E-state index in [2.05, 4.69) is 27.9 Å². The van der Waals surface area contributed by atoms with E-state index < -0.39 is 0 Å². The van der Waals surface area contributed by atoms with E-state index in [1.165, 1.54) is 0 Å². The molecule has 0 aliphatic heterocycles. The molecule has 104 valence electrons. The fourth-order valence-corrected chi connectivity index (χ4v) is 2.38. The van der Waals surface area contributed by atoms with Crippen molar-refractivity contribution in [2.24, 2.45) is 0 Å². The first-order valence-corrected chi connectivity index (χ1v) is 7.48. The maximum atomic E-state index is 12.2. The molecule has 0 aliphatic carbocycles. The summed E-state index contributed by atoms with van der Waals surface area (Å²) >= 11 is 2.19. The highest BCUT2D eigenvalue weighted by molar-refractivity contribution is 14.1. The smallest absolute Gasteiger partial charge is 0.255 e. The van der Waals surface area contributed by atoms with E-state index in [0.717, 1.165) is 9.13 Å². The van der Waals surface area contributed by atoms with Crippen LogP contribution in [0.25, 0.3) is 0 Å².